The molecular weight excluding hydrogens is 754 g/mol. The second-order valence-corrected chi connectivity index (χ2v) is 17.0. The number of carbonyl (C=O) groups is 4. The number of anilines is 1. The van der Waals surface area contributed by atoms with Crippen molar-refractivity contribution < 1.29 is 24.3 Å². The van der Waals surface area contributed by atoms with Gasteiger partial charge < -0.3 is 25.1 Å². The van der Waals surface area contributed by atoms with Crippen LogP contribution in [-0.2, 0) is 27.3 Å². The predicted octanol–water partition coefficient (Wildman–Crippen LogP) is 6.16. The molecule has 0 spiro atoms. The smallest absolute Gasteiger partial charge is 0.255 e. The Hall–Kier alpha value is -4.39. The number of aryl methyl sites for hydroxylation is 1. The molecule has 2 fully saturated rings. The van der Waals surface area contributed by atoms with Crippen molar-refractivity contribution in [1.29, 1.82) is 0 Å². The second kappa shape index (κ2) is 19.1. The first-order chi connectivity index (χ1) is 28.1. The molecule has 310 valence electrons. The highest BCUT2D eigenvalue weighted by Gasteiger charge is 2.42. The van der Waals surface area contributed by atoms with Crippen LogP contribution in [0.15, 0.2) is 48.8 Å². The summed E-state index contributed by atoms with van der Waals surface area (Å²) in [6.07, 6.45) is 12.4. The number of fused-ring (bicyclic) bond motifs is 2. The number of aliphatic hydroxyl groups is 1. The van der Waals surface area contributed by atoms with Crippen LogP contribution in [0.1, 0.15) is 134 Å². The zero-order chi connectivity index (χ0) is 40.8. The SMILES string of the molecule is C[C@@H]1C[C@@H](O)c2ncnc(N3CCN(C(=O)[C@H](CNCCCCCCCCCCc4cccc5c4CN(C4CCC(=O)N(C)C4=O)C5=O)c4ccc(Cl)cc4)CC3)c21. The van der Waals surface area contributed by atoms with Crippen molar-refractivity contribution >= 4 is 41.0 Å². The number of carbonyl (C=O) groups excluding carboxylic acids is 4. The van der Waals surface area contributed by atoms with Crippen molar-refractivity contribution in [1.82, 2.24) is 30.0 Å². The Balaban J connectivity index is 0.792. The zero-order valence-corrected chi connectivity index (χ0v) is 34.8. The molecule has 2 N–H and O–H groups in total. The number of piperazine rings is 1. The maximum Gasteiger partial charge on any atom is 0.255 e. The van der Waals surface area contributed by atoms with Gasteiger partial charge in [0.25, 0.3) is 11.8 Å². The average molecular weight is 812 g/mol. The van der Waals surface area contributed by atoms with E-state index in [-0.39, 0.29) is 41.9 Å². The Kier molecular flexibility index (Phi) is 13.8. The molecule has 58 heavy (non-hydrogen) atoms. The van der Waals surface area contributed by atoms with E-state index in [0.29, 0.717) is 62.7 Å². The molecule has 4 atom stereocenters. The first kappa shape index (κ1) is 41.8. The van der Waals surface area contributed by atoms with Gasteiger partial charge in [0.1, 0.15) is 18.2 Å². The summed E-state index contributed by atoms with van der Waals surface area (Å²) in [7, 11) is 1.50. The minimum absolute atomic E-state index is 0.103. The third-order valence-electron chi connectivity index (χ3n) is 12.7. The van der Waals surface area contributed by atoms with E-state index in [9.17, 15) is 24.3 Å². The molecule has 0 bridgehead atoms. The molecule has 4 heterocycles. The highest BCUT2D eigenvalue weighted by Crippen LogP contribution is 2.43. The van der Waals surface area contributed by atoms with Crippen LogP contribution in [0.3, 0.4) is 0 Å². The van der Waals surface area contributed by atoms with Crippen molar-refractivity contribution in [3.63, 3.8) is 0 Å². The van der Waals surface area contributed by atoms with Crippen LogP contribution in [-0.4, -0.2) is 106 Å². The number of aliphatic hydroxyl groups excluding tert-OH is 1. The van der Waals surface area contributed by atoms with E-state index in [4.69, 9.17) is 11.6 Å². The van der Waals surface area contributed by atoms with E-state index in [1.807, 2.05) is 41.3 Å². The van der Waals surface area contributed by atoms with Gasteiger partial charge in [-0.25, -0.2) is 9.97 Å². The molecule has 0 saturated carbocycles. The van der Waals surface area contributed by atoms with Gasteiger partial charge in [0.15, 0.2) is 0 Å². The predicted molar refractivity (Wildman–Crippen MR) is 224 cm³/mol. The number of imide groups is 1. The van der Waals surface area contributed by atoms with Crippen molar-refractivity contribution in [2.75, 3.05) is 51.2 Å². The molecule has 3 aromatic rings. The van der Waals surface area contributed by atoms with Gasteiger partial charge in [0.2, 0.25) is 11.8 Å². The van der Waals surface area contributed by atoms with E-state index in [0.717, 1.165) is 71.8 Å². The number of hydrogen-bond donors (Lipinski definition) is 2. The van der Waals surface area contributed by atoms with Crippen LogP contribution >= 0.6 is 11.6 Å². The van der Waals surface area contributed by atoms with E-state index in [1.54, 1.807) is 11.2 Å². The number of halogens is 1. The fourth-order valence-electron chi connectivity index (χ4n) is 9.32. The molecule has 2 saturated heterocycles. The lowest BCUT2D eigenvalue weighted by Crippen LogP contribution is -2.53. The van der Waals surface area contributed by atoms with Crippen LogP contribution < -0.4 is 10.2 Å². The number of unbranched alkanes of at least 4 members (excludes halogenated alkanes) is 7. The molecule has 13 heteroatoms. The third-order valence-corrected chi connectivity index (χ3v) is 13.0. The molecule has 4 aliphatic rings. The fourth-order valence-corrected chi connectivity index (χ4v) is 9.45. The number of benzene rings is 2. The summed E-state index contributed by atoms with van der Waals surface area (Å²) >= 11 is 6.22. The first-order valence-electron chi connectivity index (χ1n) is 21.4. The quantitative estimate of drug-likeness (QED) is 0.121. The number of nitrogens with one attached hydrogen (secondary N) is 1. The second-order valence-electron chi connectivity index (χ2n) is 16.6. The maximum absolute atomic E-state index is 14.0. The Labute approximate surface area is 347 Å². The molecule has 1 aliphatic carbocycles. The molecule has 3 aliphatic heterocycles. The highest BCUT2D eigenvalue weighted by molar-refractivity contribution is 6.30. The Morgan fingerprint density at radius 1 is 0.931 bits per heavy atom. The topological polar surface area (TPSA) is 139 Å². The van der Waals surface area contributed by atoms with Crippen molar-refractivity contribution in [3.05, 3.63) is 87.3 Å². The Morgan fingerprint density at radius 2 is 1.64 bits per heavy atom. The third kappa shape index (κ3) is 9.24. The van der Waals surface area contributed by atoms with Gasteiger partial charge in [-0.3, -0.25) is 24.1 Å². The van der Waals surface area contributed by atoms with Crippen LogP contribution in [0.25, 0.3) is 0 Å². The summed E-state index contributed by atoms with van der Waals surface area (Å²) in [6, 6.07) is 13.0. The fraction of sp³-hybridized carbons (Fsp3) is 0.556. The number of likely N-dealkylation sites (tertiary alicyclic amines) is 1. The molecule has 0 radical (unpaired) electrons. The lowest BCUT2D eigenvalue weighted by atomic mass is 9.96. The zero-order valence-electron chi connectivity index (χ0n) is 34.0. The van der Waals surface area contributed by atoms with Gasteiger partial charge >= 0.3 is 0 Å². The van der Waals surface area contributed by atoms with E-state index < -0.39 is 12.1 Å². The number of nitrogens with zero attached hydrogens (tertiary/aromatic N) is 6. The van der Waals surface area contributed by atoms with Gasteiger partial charge in [0.05, 0.1) is 17.7 Å². The number of amides is 4. The summed E-state index contributed by atoms with van der Waals surface area (Å²) in [6.45, 7) is 6.57. The van der Waals surface area contributed by atoms with Crippen molar-refractivity contribution in [2.24, 2.45) is 0 Å². The molecule has 2 aromatic carbocycles. The van der Waals surface area contributed by atoms with E-state index >= 15 is 0 Å². The largest absolute Gasteiger partial charge is 0.387 e. The number of hydrogen-bond acceptors (Lipinski definition) is 9. The van der Waals surface area contributed by atoms with E-state index in [1.165, 1.54) is 38.3 Å². The van der Waals surface area contributed by atoms with Gasteiger partial charge in [-0.15, -0.1) is 0 Å². The Bertz CT molecular complexity index is 1950. The minimum atomic E-state index is -0.570. The van der Waals surface area contributed by atoms with Crippen LogP contribution in [0.2, 0.25) is 5.02 Å². The molecular formula is C45H58ClN7O5. The molecule has 7 rings (SSSR count). The van der Waals surface area contributed by atoms with Gasteiger partial charge in [-0.2, -0.15) is 0 Å². The summed E-state index contributed by atoms with van der Waals surface area (Å²) in [5, 5.41) is 14.7. The lowest BCUT2D eigenvalue weighted by Gasteiger charge is -2.38. The molecule has 12 nitrogen and oxygen atoms in total. The van der Waals surface area contributed by atoms with Crippen molar-refractivity contribution in [3.8, 4) is 0 Å². The van der Waals surface area contributed by atoms with Gasteiger partial charge in [0, 0.05) is 68.9 Å². The molecule has 1 unspecified atom stereocenters. The monoisotopic (exact) mass is 811 g/mol. The Morgan fingerprint density at radius 3 is 2.38 bits per heavy atom. The van der Waals surface area contributed by atoms with Crippen LogP contribution in [0.5, 0.6) is 0 Å². The normalized spacial score (nSPS) is 21.2. The molecule has 4 amide bonds. The van der Waals surface area contributed by atoms with Crippen LogP contribution in [0, 0.1) is 0 Å². The summed E-state index contributed by atoms with van der Waals surface area (Å²) in [5.74, 6) is 0.343. The maximum atomic E-state index is 14.0. The standard InChI is InChI=1S/C45H58ClN7O5/c1-30-26-38(54)41-40(30)42(49-29-48-41)51-22-24-52(25-23-51)43(56)35(32-15-17-33(46)18-16-32)27-47-21-10-8-6-4-3-5-7-9-12-31-13-11-14-34-36(31)28-53(44(34)57)37-19-20-39(55)50(2)45(37)58/h11,13-18,29-30,35,37-38,47,54H,3-10,12,19-28H2,1-2H3/t30-,35-,37?,38-/m1/s1. The minimum Gasteiger partial charge on any atom is -0.387 e. The summed E-state index contributed by atoms with van der Waals surface area (Å²) < 4.78 is 0. The summed E-state index contributed by atoms with van der Waals surface area (Å²) in [4.78, 5) is 68.0. The number of likely N-dealkylation sites (N-methyl/N-ethyl adjacent to an activating group) is 1. The lowest BCUT2D eigenvalue weighted by molar-refractivity contribution is -0.150. The number of aromatic nitrogens is 2. The average Bonchev–Trinajstić information content (AvgIpc) is 3.73. The van der Waals surface area contributed by atoms with Crippen LogP contribution in [0.4, 0.5) is 5.82 Å². The number of piperidine rings is 1. The van der Waals surface area contributed by atoms with Gasteiger partial charge in [-0.1, -0.05) is 81.3 Å². The number of rotatable bonds is 17. The van der Waals surface area contributed by atoms with Gasteiger partial charge in [-0.05, 0) is 79.5 Å². The van der Waals surface area contributed by atoms with Crippen molar-refractivity contribution in [2.45, 2.75) is 114 Å². The highest BCUT2D eigenvalue weighted by atomic mass is 35.5. The van der Waals surface area contributed by atoms with E-state index in [2.05, 4.69) is 33.2 Å². The summed E-state index contributed by atoms with van der Waals surface area (Å²) in [5.41, 5.74) is 5.67. The first-order valence-corrected chi connectivity index (χ1v) is 21.7. The molecule has 1 aromatic heterocycles.